The SMILES string of the molecule is COc1ccc(NC(=O)NC(=O)CN(C)Cc2nccn2CC(F)(F)F)cc1. The predicted octanol–water partition coefficient (Wildman–Crippen LogP) is 2.23. The first kappa shape index (κ1) is 21.2. The van der Waals surface area contributed by atoms with Gasteiger partial charge in [-0.1, -0.05) is 0 Å². The summed E-state index contributed by atoms with van der Waals surface area (Å²) in [6.45, 7) is -1.35. The molecule has 8 nitrogen and oxygen atoms in total. The van der Waals surface area contributed by atoms with Crippen molar-refractivity contribution in [3.63, 3.8) is 0 Å². The maximum Gasteiger partial charge on any atom is 0.406 e. The molecule has 1 aromatic heterocycles. The average molecular weight is 399 g/mol. The van der Waals surface area contributed by atoms with E-state index in [4.69, 9.17) is 4.74 Å². The molecule has 2 aromatic rings. The van der Waals surface area contributed by atoms with Crippen LogP contribution in [0.2, 0.25) is 0 Å². The van der Waals surface area contributed by atoms with E-state index < -0.39 is 24.7 Å². The summed E-state index contributed by atoms with van der Waals surface area (Å²) in [6.07, 6.45) is -1.89. The monoisotopic (exact) mass is 399 g/mol. The van der Waals surface area contributed by atoms with E-state index in [9.17, 15) is 22.8 Å². The highest BCUT2D eigenvalue weighted by Crippen LogP contribution is 2.18. The normalized spacial score (nSPS) is 11.4. The third-order valence-corrected chi connectivity index (χ3v) is 3.58. The quantitative estimate of drug-likeness (QED) is 0.746. The number of hydrogen-bond acceptors (Lipinski definition) is 5. The Kier molecular flexibility index (Phi) is 6.99. The Labute approximate surface area is 159 Å². The zero-order valence-electron chi connectivity index (χ0n) is 15.3. The number of anilines is 1. The molecule has 2 N–H and O–H groups in total. The number of amides is 3. The third-order valence-electron chi connectivity index (χ3n) is 3.58. The van der Waals surface area contributed by atoms with Gasteiger partial charge in [-0.3, -0.25) is 15.0 Å². The van der Waals surface area contributed by atoms with Crippen LogP contribution < -0.4 is 15.4 Å². The molecular formula is C17H20F3N5O3. The summed E-state index contributed by atoms with van der Waals surface area (Å²) in [4.78, 5) is 29.1. The second-order valence-corrected chi connectivity index (χ2v) is 5.99. The molecule has 0 unspecified atom stereocenters. The number of rotatable bonds is 7. The van der Waals surface area contributed by atoms with Crippen LogP contribution in [0.3, 0.4) is 0 Å². The summed E-state index contributed by atoms with van der Waals surface area (Å²) in [5.41, 5.74) is 0.466. The number of hydrogen-bond donors (Lipinski definition) is 2. The summed E-state index contributed by atoms with van der Waals surface area (Å²) in [7, 11) is 3.05. The van der Waals surface area contributed by atoms with Gasteiger partial charge in [0, 0.05) is 18.1 Å². The third kappa shape index (κ3) is 6.91. The smallest absolute Gasteiger partial charge is 0.406 e. The number of alkyl halides is 3. The van der Waals surface area contributed by atoms with Gasteiger partial charge < -0.3 is 14.6 Å². The fourth-order valence-electron chi connectivity index (χ4n) is 2.37. The van der Waals surface area contributed by atoms with Crippen LogP contribution in [0.5, 0.6) is 5.75 Å². The lowest BCUT2D eigenvalue weighted by Crippen LogP contribution is -2.40. The zero-order valence-corrected chi connectivity index (χ0v) is 15.3. The van der Waals surface area contributed by atoms with Gasteiger partial charge in [0.2, 0.25) is 5.91 Å². The highest BCUT2D eigenvalue weighted by atomic mass is 19.4. The second-order valence-electron chi connectivity index (χ2n) is 5.99. The Morgan fingerprint density at radius 1 is 1.25 bits per heavy atom. The number of aromatic nitrogens is 2. The van der Waals surface area contributed by atoms with Crippen molar-refractivity contribution in [1.82, 2.24) is 19.8 Å². The lowest BCUT2D eigenvalue weighted by molar-refractivity contribution is -0.141. The summed E-state index contributed by atoms with van der Waals surface area (Å²) < 4.78 is 43.6. The van der Waals surface area contributed by atoms with Crippen LogP contribution in [-0.4, -0.2) is 53.3 Å². The number of carbonyl (C=O) groups excluding carboxylic acids is 2. The van der Waals surface area contributed by atoms with Crippen LogP contribution in [-0.2, 0) is 17.9 Å². The lowest BCUT2D eigenvalue weighted by atomic mass is 10.3. The van der Waals surface area contributed by atoms with Gasteiger partial charge in [-0.15, -0.1) is 0 Å². The highest BCUT2D eigenvalue weighted by Gasteiger charge is 2.29. The van der Waals surface area contributed by atoms with E-state index in [1.807, 2.05) is 0 Å². The molecule has 152 valence electrons. The van der Waals surface area contributed by atoms with Crippen molar-refractivity contribution in [2.24, 2.45) is 0 Å². The van der Waals surface area contributed by atoms with Gasteiger partial charge in [0.05, 0.1) is 20.2 Å². The van der Waals surface area contributed by atoms with Gasteiger partial charge in [-0.2, -0.15) is 13.2 Å². The molecule has 0 saturated carbocycles. The van der Waals surface area contributed by atoms with Crippen molar-refractivity contribution >= 4 is 17.6 Å². The fraction of sp³-hybridized carbons (Fsp3) is 0.353. The lowest BCUT2D eigenvalue weighted by Gasteiger charge is -2.17. The Morgan fingerprint density at radius 2 is 1.93 bits per heavy atom. The van der Waals surface area contributed by atoms with E-state index in [-0.39, 0.29) is 18.9 Å². The Morgan fingerprint density at radius 3 is 2.54 bits per heavy atom. The van der Waals surface area contributed by atoms with Crippen molar-refractivity contribution in [3.8, 4) is 5.75 Å². The minimum absolute atomic E-state index is 0.0105. The maximum absolute atomic E-state index is 12.5. The Balaban J connectivity index is 1.82. The molecule has 28 heavy (non-hydrogen) atoms. The van der Waals surface area contributed by atoms with Crippen LogP contribution in [0.1, 0.15) is 5.82 Å². The number of ether oxygens (including phenoxy) is 1. The van der Waals surface area contributed by atoms with Crippen LogP contribution >= 0.6 is 0 Å². The van der Waals surface area contributed by atoms with Crippen molar-refractivity contribution in [1.29, 1.82) is 0 Å². The second kappa shape index (κ2) is 9.22. The van der Waals surface area contributed by atoms with E-state index in [0.29, 0.717) is 11.4 Å². The van der Waals surface area contributed by atoms with Crippen LogP contribution in [0, 0.1) is 0 Å². The molecule has 0 radical (unpaired) electrons. The Hall–Kier alpha value is -3.08. The van der Waals surface area contributed by atoms with Crippen LogP contribution in [0.15, 0.2) is 36.7 Å². The number of carbonyl (C=O) groups is 2. The zero-order chi connectivity index (χ0) is 20.7. The van der Waals surface area contributed by atoms with Gasteiger partial charge in [0.25, 0.3) is 0 Å². The molecule has 1 aromatic carbocycles. The topological polar surface area (TPSA) is 88.5 Å². The van der Waals surface area contributed by atoms with Gasteiger partial charge in [0.1, 0.15) is 18.1 Å². The van der Waals surface area contributed by atoms with Gasteiger partial charge >= 0.3 is 12.2 Å². The van der Waals surface area contributed by atoms with Crippen molar-refractivity contribution < 1.29 is 27.5 Å². The molecular weight excluding hydrogens is 379 g/mol. The van der Waals surface area contributed by atoms with Gasteiger partial charge in [0.15, 0.2) is 0 Å². The van der Waals surface area contributed by atoms with E-state index >= 15 is 0 Å². The molecule has 0 aliphatic rings. The summed E-state index contributed by atoms with van der Waals surface area (Å²) in [5.74, 6) is 0.172. The molecule has 0 fully saturated rings. The van der Waals surface area contributed by atoms with Gasteiger partial charge in [-0.05, 0) is 31.3 Å². The minimum Gasteiger partial charge on any atom is -0.497 e. The first-order valence-corrected chi connectivity index (χ1v) is 8.16. The predicted molar refractivity (Wildman–Crippen MR) is 94.8 cm³/mol. The first-order chi connectivity index (χ1) is 13.2. The molecule has 0 aliphatic carbocycles. The number of imide groups is 1. The molecule has 0 saturated heterocycles. The fourth-order valence-corrected chi connectivity index (χ4v) is 2.37. The number of methoxy groups -OCH3 is 1. The summed E-state index contributed by atoms with van der Waals surface area (Å²) in [5, 5.41) is 4.64. The van der Waals surface area contributed by atoms with Crippen molar-refractivity contribution in [2.75, 3.05) is 26.0 Å². The van der Waals surface area contributed by atoms with E-state index in [2.05, 4.69) is 15.6 Å². The number of imidazole rings is 1. The number of nitrogens with zero attached hydrogens (tertiary/aromatic N) is 3. The standard InChI is InChI=1S/C17H20F3N5O3/c1-24(9-14-21-7-8-25(14)11-17(18,19)20)10-15(26)23-16(27)22-12-3-5-13(28-2)6-4-12/h3-8H,9-11H2,1-2H3,(H2,22,23,26,27). The molecule has 0 aliphatic heterocycles. The van der Waals surface area contributed by atoms with Crippen LogP contribution in [0.25, 0.3) is 0 Å². The Bertz CT molecular complexity index is 805. The van der Waals surface area contributed by atoms with Crippen molar-refractivity contribution in [2.45, 2.75) is 19.3 Å². The minimum atomic E-state index is -4.37. The molecule has 1 heterocycles. The number of likely N-dealkylation sites (N-methyl/N-ethyl adjacent to an activating group) is 1. The number of benzene rings is 1. The molecule has 0 atom stereocenters. The van der Waals surface area contributed by atoms with E-state index in [0.717, 1.165) is 4.57 Å². The largest absolute Gasteiger partial charge is 0.497 e. The average Bonchev–Trinajstić information content (AvgIpc) is 2.99. The summed E-state index contributed by atoms with van der Waals surface area (Å²) >= 11 is 0. The number of nitrogens with one attached hydrogen (secondary N) is 2. The molecule has 0 bridgehead atoms. The van der Waals surface area contributed by atoms with Gasteiger partial charge in [-0.25, -0.2) is 9.78 Å². The van der Waals surface area contributed by atoms with Crippen LogP contribution in [0.4, 0.5) is 23.7 Å². The van der Waals surface area contributed by atoms with E-state index in [1.165, 1.54) is 31.5 Å². The number of urea groups is 1. The number of halogens is 3. The van der Waals surface area contributed by atoms with Crippen molar-refractivity contribution in [3.05, 3.63) is 42.5 Å². The molecule has 2 rings (SSSR count). The highest BCUT2D eigenvalue weighted by molar-refractivity contribution is 6.01. The molecule has 3 amide bonds. The maximum atomic E-state index is 12.5. The van der Waals surface area contributed by atoms with E-state index in [1.54, 1.807) is 24.3 Å². The molecule has 0 spiro atoms. The first-order valence-electron chi connectivity index (χ1n) is 8.16. The summed E-state index contributed by atoms with van der Waals surface area (Å²) in [6, 6.07) is 5.79. The molecule has 11 heteroatoms.